The number of rotatable bonds is 0. The SMILES string of the molecule is C=C1CN(C(=O)OC(C)(C)C)CC1F. The van der Waals surface area contributed by atoms with E-state index in [1.54, 1.807) is 20.8 Å². The highest BCUT2D eigenvalue weighted by Crippen LogP contribution is 2.19. The van der Waals surface area contributed by atoms with E-state index in [9.17, 15) is 9.18 Å². The van der Waals surface area contributed by atoms with Crippen LogP contribution < -0.4 is 0 Å². The lowest BCUT2D eigenvalue weighted by atomic mass is 10.2. The van der Waals surface area contributed by atoms with Gasteiger partial charge in [0.1, 0.15) is 11.8 Å². The van der Waals surface area contributed by atoms with Crippen molar-refractivity contribution >= 4 is 6.09 Å². The molecule has 1 rings (SSSR count). The van der Waals surface area contributed by atoms with Crippen LogP contribution in [0.2, 0.25) is 0 Å². The highest BCUT2D eigenvalue weighted by atomic mass is 19.1. The van der Waals surface area contributed by atoms with Crippen molar-refractivity contribution in [1.29, 1.82) is 0 Å². The zero-order valence-electron chi connectivity index (χ0n) is 8.84. The Hall–Kier alpha value is -1.06. The number of amides is 1. The maximum absolute atomic E-state index is 13.0. The van der Waals surface area contributed by atoms with Gasteiger partial charge in [-0.05, 0) is 26.3 Å². The molecule has 0 aliphatic carbocycles. The normalized spacial score (nSPS) is 22.7. The fourth-order valence-electron chi connectivity index (χ4n) is 1.20. The highest BCUT2D eigenvalue weighted by molar-refractivity contribution is 5.69. The Bertz CT molecular complexity index is 257. The topological polar surface area (TPSA) is 29.5 Å². The molecule has 1 unspecified atom stereocenters. The number of alkyl halides is 1. The second-order valence-corrected chi connectivity index (χ2v) is 4.49. The van der Waals surface area contributed by atoms with Crippen LogP contribution in [0.3, 0.4) is 0 Å². The summed E-state index contributed by atoms with van der Waals surface area (Å²) in [5.41, 5.74) is -0.0943. The van der Waals surface area contributed by atoms with Crippen LogP contribution in [0.1, 0.15) is 20.8 Å². The summed E-state index contributed by atoms with van der Waals surface area (Å²) in [7, 11) is 0. The van der Waals surface area contributed by atoms with Gasteiger partial charge in [0, 0.05) is 6.54 Å². The lowest BCUT2D eigenvalue weighted by molar-refractivity contribution is 0.0286. The standard InChI is InChI=1S/C10H16FNO2/c1-7-5-12(6-8(7)11)9(13)14-10(2,3)4/h8H,1,5-6H2,2-4H3. The first-order chi connectivity index (χ1) is 6.29. The van der Waals surface area contributed by atoms with Gasteiger partial charge in [0.25, 0.3) is 0 Å². The molecule has 3 nitrogen and oxygen atoms in total. The molecule has 0 N–H and O–H groups in total. The molecular weight excluding hydrogens is 185 g/mol. The third-order valence-electron chi connectivity index (χ3n) is 1.87. The number of likely N-dealkylation sites (tertiary alicyclic amines) is 1. The fraction of sp³-hybridized carbons (Fsp3) is 0.700. The first kappa shape index (κ1) is 11.0. The van der Waals surface area contributed by atoms with Crippen LogP contribution in [0.5, 0.6) is 0 Å². The summed E-state index contributed by atoms with van der Waals surface area (Å²) in [6, 6.07) is 0. The Morgan fingerprint density at radius 1 is 1.64 bits per heavy atom. The summed E-state index contributed by atoms with van der Waals surface area (Å²) in [4.78, 5) is 12.8. The van der Waals surface area contributed by atoms with Crippen molar-refractivity contribution in [3.05, 3.63) is 12.2 Å². The van der Waals surface area contributed by atoms with Crippen molar-refractivity contribution in [1.82, 2.24) is 4.90 Å². The predicted molar refractivity (Wildman–Crippen MR) is 51.8 cm³/mol. The Morgan fingerprint density at radius 3 is 2.57 bits per heavy atom. The molecule has 1 heterocycles. The van der Waals surface area contributed by atoms with Gasteiger partial charge < -0.3 is 9.64 Å². The van der Waals surface area contributed by atoms with E-state index >= 15 is 0 Å². The molecule has 80 valence electrons. The Kier molecular flexibility index (Phi) is 2.83. The molecule has 0 radical (unpaired) electrons. The quantitative estimate of drug-likeness (QED) is 0.562. The van der Waals surface area contributed by atoms with E-state index in [2.05, 4.69) is 6.58 Å². The van der Waals surface area contributed by atoms with Crippen LogP contribution >= 0.6 is 0 Å². The maximum atomic E-state index is 13.0. The summed E-state index contributed by atoms with van der Waals surface area (Å²) in [6.07, 6.45) is -1.58. The van der Waals surface area contributed by atoms with E-state index in [-0.39, 0.29) is 13.1 Å². The molecule has 14 heavy (non-hydrogen) atoms. The summed E-state index contributed by atoms with van der Waals surface area (Å²) < 4.78 is 18.1. The number of hydrogen-bond donors (Lipinski definition) is 0. The highest BCUT2D eigenvalue weighted by Gasteiger charge is 2.31. The number of carbonyl (C=O) groups excluding carboxylic acids is 1. The molecule has 1 amide bonds. The van der Waals surface area contributed by atoms with Gasteiger partial charge in [-0.2, -0.15) is 0 Å². The largest absolute Gasteiger partial charge is 0.444 e. The first-order valence-electron chi connectivity index (χ1n) is 4.59. The van der Waals surface area contributed by atoms with Gasteiger partial charge in [0.15, 0.2) is 0 Å². The molecular formula is C10H16FNO2. The maximum Gasteiger partial charge on any atom is 0.410 e. The monoisotopic (exact) mass is 201 g/mol. The molecule has 0 aromatic heterocycles. The van der Waals surface area contributed by atoms with E-state index in [1.807, 2.05) is 0 Å². The molecule has 1 aliphatic heterocycles. The van der Waals surface area contributed by atoms with Gasteiger partial charge in [0.2, 0.25) is 0 Å². The third-order valence-corrected chi connectivity index (χ3v) is 1.87. The van der Waals surface area contributed by atoms with E-state index in [0.29, 0.717) is 5.57 Å². The third kappa shape index (κ3) is 2.72. The van der Waals surface area contributed by atoms with Gasteiger partial charge in [0.05, 0.1) is 6.54 Å². The molecule has 1 atom stereocenters. The minimum atomic E-state index is -1.11. The van der Waals surface area contributed by atoms with Crippen LogP contribution in [0.15, 0.2) is 12.2 Å². The number of carbonyl (C=O) groups is 1. The summed E-state index contributed by atoms with van der Waals surface area (Å²) in [5, 5.41) is 0. The first-order valence-corrected chi connectivity index (χ1v) is 4.59. The molecule has 0 saturated carbocycles. The number of nitrogens with zero attached hydrogens (tertiary/aromatic N) is 1. The summed E-state index contributed by atoms with van der Waals surface area (Å²) >= 11 is 0. The van der Waals surface area contributed by atoms with Gasteiger partial charge in [-0.3, -0.25) is 0 Å². The van der Waals surface area contributed by atoms with Gasteiger partial charge >= 0.3 is 6.09 Å². The molecule has 0 bridgehead atoms. The van der Waals surface area contributed by atoms with E-state index in [0.717, 1.165) is 0 Å². The smallest absolute Gasteiger partial charge is 0.410 e. The zero-order chi connectivity index (χ0) is 10.9. The van der Waals surface area contributed by atoms with Crippen molar-refractivity contribution in [3.8, 4) is 0 Å². The Morgan fingerprint density at radius 2 is 2.21 bits per heavy atom. The van der Waals surface area contributed by atoms with Crippen molar-refractivity contribution in [2.75, 3.05) is 13.1 Å². The zero-order valence-corrected chi connectivity index (χ0v) is 8.84. The second kappa shape index (κ2) is 3.59. The summed E-state index contributed by atoms with van der Waals surface area (Å²) in [5.74, 6) is 0. The van der Waals surface area contributed by atoms with Crippen molar-refractivity contribution in [2.24, 2.45) is 0 Å². The molecule has 1 saturated heterocycles. The van der Waals surface area contributed by atoms with Crippen LogP contribution in [-0.2, 0) is 4.74 Å². The van der Waals surface area contributed by atoms with E-state index in [4.69, 9.17) is 4.74 Å². The average molecular weight is 201 g/mol. The second-order valence-electron chi connectivity index (χ2n) is 4.49. The number of hydrogen-bond acceptors (Lipinski definition) is 2. The Labute approximate surface area is 83.5 Å². The Balaban J connectivity index is 2.52. The molecule has 0 aromatic carbocycles. The van der Waals surface area contributed by atoms with Gasteiger partial charge in [-0.25, -0.2) is 9.18 Å². The van der Waals surface area contributed by atoms with Crippen LogP contribution in [-0.4, -0.2) is 35.9 Å². The van der Waals surface area contributed by atoms with Crippen molar-refractivity contribution < 1.29 is 13.9 Å². The minimum absolute atomic E-state index is 0.0632. The number of halogens is 1. The van der Waals surface area contributed by atoms with Crippen molar-refractivity contribution in [3.63, 3.8) is 0 Å². The van der Waals surface area contributed by atoms with Gasteiger partial charge in [-0.15, -0.1) is 0 Å². The van der Waals surface area contributed by atoms with Crippen LogP contribution in [0.4, 0.5) is 9.18 Å². The van der Waals surface area contributed by atoms with E-state index in [1.165, 1.54) is 4.90 Å². The average Bonchev–Trinajstić information content (AvgIpc) is 2.28. The fourth-order valence-corrected chi connectivity index (χ4v) is 1.20. The predicted octanol–water partition coefficient (Wildman–Crippen LogP) is 2.13. The molecule has 0 aromatic rings. The van der Waals surface area contributed by atoms with Gasteiger partial charge in [-0.1, -0.05) is 6.58 Å². The van der Waals surface area contributed by atoms with E-state index < -0.39 is 17.9 Å². The van der Waals surface area contributed by atoms with Crippen LogP contribution in [0, 0.1) is 0 Å². The molecule has 4 heteroatoms. The summed E-state index contributed by atoms with van der Waals surface area (Å²) in [6.45, 7) is 9.20. The lowest BCUT2D eigenvalue weighted by Crippen LogP contribution is -2.35. The number of ether oxygens (including phenoxy) is 1. The lowest BCUT2D eigenvalue weighted by Gasteiger charge is -2.23. The van der Waals surface area contributed by atoms with Crippen molar-refractivity contribution in [2.45, 2.75) is 32.5 Å². The van der Waals surface area contributed by atoms with Crippen LogP contribution in [0.25, 0.3) is 0 Å². The molecule has 1 aliphatic rings. The molecule has 0 spiro atoms. The molecule has 1 fully saturated rings. The minimum Gasteiger partial charge on any atom is -0.444 e.